The molecular weight excluding hydrogens is 329 g/mol. The quantitative estimate of drug-likeness (QED) is 0.555. The molecule has 7 heteroatoms. The van der Waals surface area contributed by atoms with Crippen LogP contribution in [-0.2, 0) is 18.8 Å². The van der Waals surface area contributed by atoms with E-state index in [-0.39, 0.29) is 18.1 Å². The Kier molecular flexibility index (Phi) is 8.09. The lowest BCUT2D eigenvalue weighted by Crippen LogP contribution is -2.48. The second kappa shape index (κ2) is 8.42. The van der Waals surface area contributed by atoms with Gasteiger partial charge >= 0.3 is 5.97 Å². The molecule has 0 aromatic rings. The molecule has 5 nitrogen and oxygen atoms in total. The third-order valence-corrected chi connectivity index (χ3v) is 8.61. The number of nitrogens with one attached hydrogen (secondary N) is 1. The molecular formula is C17H34FNO4Si. The highest BCUT2D eigenvalue weighted by Crippen LogP contribution is 2.36. The van der Waals surface area contributed by atoms with E-state index in [0.29, 0.717) is 0 Å². The van der Waals surface area contributed by atoms with Crippen molar-refractivity contribution in [2.45, 2.75) is 90.8 Å². The molecule has 0 aliphatic carbocycles. The molecule has 142 valence electrons. The number of rotatable bonds is 7. The summed E-state index contributed by atoms with van der Waals surface area (Å²) in [5, 5.41) is 2.53. The van der Waals surface area contributed by atoms with Gasteiger partial charge < -0.3 is 14.5 Å². The molecule has 0 aromatic heterocycles. The Balaban J connectivity index is 4.85. The van der Waals surface area contributed by atoms with Crippen LogP contribution in [0.1, 0.15) is 54.9 Å². The van der Waals surface area contributed by atoms with E-state index in [2.05, 4.69) is 39.2 Å². The fraction of sp³-hybridized carbons (Fsp3) is 0.882. The van der Waals surface area contributed by atoms with E-state index in [0.717, 1.165) is 0 Å². The molecule has 0 aliphatic heterocycles. The fourth-order valence-corrected chi connectivity index (χ4v) is 2.79. The number of hydrogen-bond donors (Lipinski definition) is 1. The van der Waals surface area contributed by atoms with E-state index in [1.807, 2.05) is 0 Å². The van der Waals surface area contributed by atoms with Gasteiger partial charge in [0.1, 0.15) is 5.60 Å². The fourth-order valence-electron chi connectivity index (χ4n) is 1.73. The minimum Gasteiger partial charge on any atom is -0.458 e. The number of carbonyl (C=O) groups excluding carboxylic acids is 2. The lowest BCUT2D eigenvalue weighted by atomic mass is 10.1. The molecule has 0 aliphatic rings. The smallest absolute Gasteiger partial charge is 0.343 e. The first-order valence-electron chi connectivity index (χ1n) is 8.35. The van der Waals surface area contributed by atoms with Crippen molar-refractivity contribution < 1.29 is 23.1 Å². The van der Waals surface area contributed by atoms with E-state index in [1.165, 1.54) is 6.92 Å². The van der Waals surface area contributed by atoms with Gasteiger partial charge in [-0.15, -0.1) is 0 Å². The second-order valence-corrected chi connectivity index (χ2v) is 13.4. The van der Waals surface area contributed by atoms with Gasteiger partial charge in [-0.2, -0.15) is 0 Å². The molecule has 0 saturated heterocycles. The highest BCUT2D eigenvalue weighted by atomic mass is 28.4. The predicted molar refractivity (Wildman–Crippen MR) is 96.1 cm³/mol. The van der Waals surface area contributed by atoms with Crippen molar-refractivity contribution in [3.63, 3.8) is 0 Å². The number of esters is 1. The molecule has 0 bridgehead atoms. The Morgan fingerprint density at radius 2 is 1.62 bits per heavy atom. The summed E-state index contributed by atoms with van der Waals surface area (Å²) in [6.07, 6.45) is -1.71. The minimum atomic E-state index is -1.96. The molecule has 24 heavy (non-hydrogen) atoms. The van der Waals surface area contributed by atoms with E-state index < -0.39 is 38.0 Å². The molecule has 0 saturated carbocycles. The first-order chi connectivity index (χ1) is 10.6. The zero-order chi connectivity index (χ0) is 19.3. The van der Waals surface area contributed by atoms with Crippen molar-refractivity contribution in [2.24, 2.45) is 0 Å². The number of halogens is 1. The van der Waals surface area contributed by atoms with E-state index >= 15 is 0 Å². The molecule has 0 aromatic carbocycles. The lowest BCUT2D eigenvalue weighted by molar-refractivity contribution is -0.162. The molecule has 0 rings (SSSR count). The molecule has 0 heterocycles. The standard InChI is InChI=1S/C17H34FNO4Si/c1-12(20)19-13(14(18)15(21)23-16(2,3)4)10-11-22-24(8,9)17(5,6)7/h13-14H,10-11H2,1-9H3,(H,19,20)/t13-,14-/m0/s1. The van der Waals surface area contributed by atoms with Gasteiger partial charge in [0, 0.05) is 13.5 Å². The zero-order valence-corrected chi connectivity index (χ0v) is 17.6. The number of hydrogen-bond acceptors (Lipinski definition) is 4. The van der Waals surface area contributed by atoms with Gasteiger partial charge in [-0.05, 0) is 45.3 Å². The monoisotopic (exact) mass is 363 g/mol. The van der Waals surface area contributed by atoms with E-state index in [1.54, 1.807) is 20.8 Å². The van der Waals surface area contributed by atoms with Crippen LogP contribution in [0, 0.1) is 0 Å². The SMILES string of the molecule is CC(=O)N[C@@H](CCO[Si](C)(C)C(C)(C)C)[C@H](F)C(=O)OC(C)(C)C. The average molecular weight is 364 g/mol. The molecule has 0 spiro atoms. The molecule has 2 atom stereocenters. The summed E-state index contributed by atoms with van der Waals surface area (Å²) in [6, 6.07) is -0.956. The number of alkyl halides is 1. The Labute approximate surface area is 146 Å². The van der Waals surface area contributed by atoms with Crippen LogP contribution in [0.3, 0.4) is 0 Å². The van der Waals surface area contributed by atoms with Gasteiger partial charge in [-0.3, -0.25) is 4.79 Å². The van der Waals surface area contributed by atoms with Gasteiger partial charge in [0.05, 0.1) is 6.04 Å². The summed E-state index contributed by atoms with van der Waals surface area (Å²) in [7, 11) is -1.96. The van der Waals surface area contributed by atoms with Crippen molar-refractivity contribution in [1.29, 1.82) is 0 Å². The Bertz CT molecular complexity index is 441. The van der Waals surface area contributed by atoms with Crippen LogP contribution in [0.5, 0.6) is 0 Å². The highest BCUT2D eigenvalue weighted by Gasteiger charge is 2.38. The molecule has 0 unspecified atom stereocenters. The summed E-state index contributed by atoms with van der Waals surface area (Å²) < 4.78 is 25.5. The van der Waals surface area contributed by atoms with Crippen molar-refractivity contribution in [2.75, 3.05) is 6.61 Å². The van der Waals surface area contributed by atoms with Crippen LogP contribution >= 0.6 is 0 Å². The third-order valence-electron chi connectivity index (χ3n) is 4.07. The van der Waals surface area contributed by atoms with E-state index in [4.69, 9.17) is 9.16 Å². The van der Waals surface area contributed by atoms with Gasteiger partial charge in [0.2, 0.25) is 12.1 Å². The zero-order valence-electron chi connectivity index (χ0n) is 16.6. The van der Waals surface area contributed by atoms with Gasteiger partial charge in [-0.1, -0.05) is 20.8 Å². The maximum atomic E-state index is 14.5. The van der Waals surface area contributed by atoms with Crippen LogP contribution in [0.15, 0.2) is 0 Å². The van der Waals surface area contributed by atoms with Crippen LogP contribution in [0.2, 0.25) is 18.1 Å². The van der Waals surface area contributed by atoms with Gasteiger partial charge in [0.15, 0.2) is 8.32 Å². The van der Waals surface area contributed by atoms with Crippen LogP contribution < -0.4 is 5.32 Å². The number of carbonyl (C=O) groups is 2. The first kappa shape index (κ1) is 23.0. The molecule has 0 radical (unpaired) electrons. The largest absolute Gasteiger partial charge is 0.458 e. The van der Waals surface area contributed by atoms with Crippen molar-refractivity contribution in [1.82, 2.24) is 5.32 Å². The molecule has 1 amide bonds. The van der Waals surface area contributed by atoms with Crippen LogP contribution in [-0.4, -0.2) is 44.6 Å². The average Bonchev–Trinajstić information content (AvgIpc) is 2.32. The summed E-state index contributed by atoms with van der Waals surface area (Å²) in [4.78, 5) is 23.2. The number of amides is 1. The summed E-state index contributed by atoms with van der Waals surface area (Å²) in [6.45, 7) is 17.1. The Hall–Kier alpha value is -0.953. The maximum Gasteiger partial charge on any atom is 0.343 e. The lowest BCUT2D eigenvalue weighted by Gasteiger charge is -2.36. The highest BCUT2D eigenvalue weighted by molar-refractivity contribution is 6.74. The normalized spacial score (nSPS) is 15.6. The maximum absolute atomic E-state index is 14.5. The first-order valence-corrected chi connectivity index (χ1v) is 11.3. The van der Waals surface area contributed by atoms with Crippen molar-refractivity contribution >= 4 is 20.2 Å². The molecule has 0 fully saturated rings. The van der Waals surface area contributed by atoms with Crippen LogP contribution in [0.4, 0.5) is 4.39 Å². The summed E-state index contributed by atoms with van der Waals surface area (Å²) >= 11 is 0. The van der Waals surface area contributed by atoms with E-state index in [9.17, 15) is 14.0 Å². The van der Waals surface area contributed by atoms with Gasteiger partial charge in [0.25, 0.3) is 0 Å². The second-order valence-electron chi connectivity index (χ2n) is 8.64. The predicted octanol–water partition coefficient (Wildman–Crippen LogP) is 3.58. The number of ether oxygens (including phenoxy) is 1. The van der Waals surface area contributed by atoms with Gasteiger partial charge in [-0.25, -0.2) is 9.18 Å². The summed E-state index contributed by atoms with van der Waals surface area (Å²) in [5.41, 5.74) is -0.778. The summed E-state index contributed by atoms with van der Waals surface area (Å²) in [5.74, 6) is -1.35. The topological polar surface area (TPSA) is 64.6 Å². The van der Waals surface area contributed by atoms with Crippen LogP contribution in [0.25, 0.3) is 0 Å². The third kappa shape index (κ3) is 8.24. The van der Waals surface area contributed by atoms with Crippen molar-refractivity contribution in [3.05, 3.63) is 0 Å². The molecule has 1 N–H and O–H groups in total. The minimum absolute atomic E-state index is 0.0385. The Morgan fingerprint density at radius 1 is 1.12 bits per heavy atom. The van der Waals surface area contributed by atoms with Crippen molar-refractivity contribution in [3.8, 4) is 0 Å². The Morgan fingerprint density at radius 3 is 2.00 bits per heavy atom.